The third-order valence-electron chi connectivity index (χ3n) is 5.34. The van der Waals surface area contributed by atoms with Crippen LogP contribution >= 0.6 is 0 Å². The number of aliphatic hydroxyl groups excluding tert-OH is 1. The van der Waals surface area contributed by atoms with Gasteiger partial charge in [0.05, 0.1) is 18.7 Å². The monoisotopic (exact) mass is 452 g/mol. The quantitative estimate of drug-likeness (QED) is 0.261. The highest BCUT2D eigenvalue weighted by atomic mass is 16.5. The topological polar surface area (TPSA) is 99.5 Å². The summed E-state index contributed by atoms with van der Waals surface area (Å²) < 4.78 is 10.7. The van der Waals surface area contributed by atoms with Crippen LogP contribution in [0.1, 0.15) is 17.2 Å². The van der Waals surface area contributed by atoms with Gasteiger partial charge in [-0.05, 0) is 56.1 Å². The molecule has 174 valence electrons. The number of methoxy groups -OCH3 is 1. The second kappa shape index (κ2) is 10.2. The van der Waals surface area contributed by atoms with Crippen LogP contribution in [0.4, 0.5) is 0 Å². The van der Waals surface area contributed by atoms with Crippen molar-refractivity contribution in [2.75, 3.05) is 40.9 Å². The zero-order valence-corrected chi connectivity index (χ0v) is 18.9. The highest BCUT2D eigenvalue weighted by Gasteiger charge is 2.46. The predicted molar refractivity (Wildman–Crippen MR) is 124 cm³/mol. The summed E-state index contributed by atoms with van der Waals surface area (Å²) in [5.74, 6) is -1.03. The van der Waals surface area contributed by atoms with E-state index in [2.05, 4.69) is 6.58 Å². The van der Waals surface area contributed by atoms with Crippen LogP contribution in [0.15, 0.2) is 60.7 Å². The SMILES string of the molecule is C=CCOc1ccc(/C(O)=C2\C(=O)C(=O)N(CCN(C)C)[C@@H]2c2ccc(O)c(OC)c2)cc1. The normalized spacial score (nSPS) is 17.5. The first kappa shape index (κ1) is 23.9. The van der Waals surface area contributed by atoms with Crippen molar-refractivity contribution in [1.29, 1.82) is 0 Å². The van der Waals surface area contributed by atoms with Gasteiger partial charge in [0.15, 0.2) is 11.5 Å². The third-order valence-corrected chi connectivity index (χ3v) is 5.34. The van der Waals surface area contributed by atoms with Crippen LogP contribution in [0.5, 0.6) is 17.2 Å². The number of phenols is 1. The molecule has 33 heavy (non-hydrogen) atoms. The van der Waals surface area contributed by atoms with Gasteiger partial charge < -0.3 is 29.5 Å². The van der Waals surface area contributed by atoms with Crippen molar-refractivity contribution in [2.24, 2.45) is 0 Å². The minimum Gasteiger partial charge on any atom is -0.507 e. The zero-order valence-electron chi connectivity index (χ0n) is 18.9. The first-order valence-corrected chi connectivity index (χ1v) is 10.4. The number of hydrogen-bond acceptors (Lipinski definition) is 7. The molecule has 1 atom stereocenters. The van der Waals surface area contributed by atoms with Crippen molar-refractivity contribution in [2.45, 2.75) is 6.04 Å². The molecule has 0 aromatic heterocycles. The maximum absolute atomic E-state index is 13.0. The summed E-state index contributed by atoms with van der Waals surface area (Å²) in [5, 5.41) is 21.1. The minimum atomic E-state index is -0.837. The van der Waals surface area contributed by atoms with Crippen LogP contribution in [-0.2, 0) is 9.59 Å². The van der Waals surface area contributed by atoms with Gasteiger partial charge in [-0.2, -0.15) is 0 Å². The molecule has 0 radical (unpaired) electrons. The van der Waals surface area contributed by atoms with Crippen LogP contribution in [0.2, 0.25) is 0 Å². The van der Waals surface area contributed by atoms with Crippen molar-refractivity contribution < 1.29 is 29.3 Å². The first-order chi connectivity index (χ1) is 15.8. The predicted octanol–water partition coefficient (Wildman–Crippen LogP) is 2.95. The van der Waals surface area contributed by atoms with Gasteiger partial charge in [-0.15, -0.1) is 0 Å². The Morgan fingerprint density at radius 3 is 2.48 bits per heavy atom. The summed E-state index contributed by atoms with van der Waals surface area (Å²) in [5.41, 5.74) is 0.892. The molecule has 2 aromatic carbocycles. The Kier molecular flexibility index (Phi) is 7.40. The van der Waals surface area contributed by atoms with Crippen LogP contribution in [-0.4, -0.2) is 72.6 Å². The summed E-state index contributed by atoms with van der Waals surface area (Å²) in [6.45, 7) is 4.74. The number of likely N-dealkylation sites (N-methyl/N-ethyl adjacent to an activating group) is 1. The zero-order chi connectivity index (χ0) is 24.1. The lowest BCUT2D eigenvalue weighted by Gasteiger charge is -2.27. The fourth-order valence-corrected chi connectivity index (χ4v) is 3.65. The first-order valence-electron chi connectivity index (χ1n) is 10.4. The van der Waals surface area contributed by atoms with Crippen LogP contribution in [0, 0.1) is 0 Å². The second-order valence-corrected chi connectivity index (χ2v) is 7.85. The second-order valence-electron chi connectivity index (χ2n) is 7.85. The smallest absolute Gasteiger partial charge is 0.295 e. The largest absolute Gasteiger partial charge is 0.507 e. The lowest BCUT2D eigenvalue weighted by atomic mass is 9.95. The Morgan fingerprint density at radius 2 is 1.88 bits per heavy atom. The van der Waals surface area contributed by atoms with Gasteiger partial charge in [0.25, 0.3) is 11.7 Å². The van der Waals surface area contributed by atoms with Crippen molar-refractivity contribution in [3.8, 4) is 17.2 Å². The van der Waals surface area contributed by atoms with Gasteiger partial charge in [-0.3, -0.25) is 9.59 Å². The molecule has 2 aromatic rings. The fourth-order valence-electron chi connectivity index (χ4n) is 3.65. The van der Waals surface area contributed by atoms with E-state index in [0.717, 1.165) is 0 Å². The molecule has 0 spiro atoms. The van der Waals surface area contributed by atoms with Crippen LogP contribution < -0.4 is 9.47 Å². The third kappa shape index (κ3) is 5.01. The van der Waals surface area contributed by atoms with Gasteiger partial charge in [-0.1, -0.05) is 18.7 Å². The highest BCUT2D eigenvalue weighted by Crippen LogP contribution is 2.41. The van der Waals surface area contributed by atoms with Gasteiger partial charge in [0.1, 0.15) is 18.1 Å². The molecule has 0 bridgehead atoms. The fraction of sp³-hybridized carbons (Fsp3) is 0.280. The number of benzene rings is 2. The average Bonchev–Trinajstić information content (AvgIpc) is 3.06. The standard InChI is InChI=1S/C25H28N2O6/c1-5-14-33-18-9-6-16(7-10-18)23(29)21-22(17-8-11-19(28)20(15-17)32-4)27(13-12-26(2)3)25(31)24(21)30/h5-11,15,22,28-29H,1,12-14H2,2-4H3/b23-21+/t22-/m1/s1. The summed E-state index contributed by atoms with van der Waals surface area (Å²) in [6.07, 6.45) is 1.62. The molecular weight excluding hydrogens is 424 g/mol. The van der Waals surface area contributed by atoms with Gasteiger partial charge in [-0.25, -0.2) is 0 Å². The van der Waals surface area contributed by atoms with Crippen LogP contribution in [0.25, 0.3) is 5.76 Å². The maximum Gasteiger partial charge on any atom is 0.295 e. The van der Waals surface area contributed by atoms with E-state index in [4.69, 9.17) is 9.47 Å². The molecule has 1 aliphatic rings. The Labute approximate surface area is 193 Å². The summed E-state index contributed by atoms with van der Waals surface area (Å²) in [7, 11) is 5.15. The Hall–Kier alpha value is -3.78. The molecule has 1 saturated heterocycles. The molecule has 0 unspecified atom stereocenters. The number of carbonyl (C=O) groups is 2. The van der Waals surface area contributed by atoms with Gasteiger partial charge >= 0.3 is 0 Å². The summed E-state index contributed by atoms with van der Waals surface area (Å²) in [6, 6.07) is 10.3. The van der Waals surface area contributed by atoms with E-state index in [1.165, 1.54) is 18.1 Å². The highest BCUT2D eigenvalue weighted by molar-refractivity contribution is 6.46. The molecule has 0 saturated carbocycles. The molecule has 0 aliphatic carbocycles. The number of nitrogens with zero attached hydrogens (tertiary/aromatic N) is 2. The molecule has 8 heteroatoms. The maximum atomic E-state index is 13.0. The number of rotatable bonds is 9. The number of amides is 1. The molecule has 1 amide bonds. The average molecular weight is 453 g/mol. The van der Waals surface area contributed by atoms with E-state index >= 15 is 0 Å². The van der Waals surface area contributed by atoms with E-state index in [0.29, 0.717) is 30.0 Å². The summed E-state index contributed by atoms with van der Waals surface area (Å²) in [4.78, 5) is 29.3. The number of ether oxygens (including phenoxy) is 2. The number of Topliss-reactive ketones (excluding diaryl/α,β-unsaturated/α-hetero) is 1. The van der Waals surface area contributed by atoms with Crippen molar-refractivity contribution >= 4 is 17.4 Å². The van der Waals surface area contributed by atoms with E-state index in [1.54, 1.807) is 42.5 Å². The molecule has 1 aliphatic heterocycles. The molecule has 8 nitrogen and oxygen atoms in total. The Morgan fingerprint density at radius 1 is 1.18 bits per heavy atom. The number of aromatic hydroxyl groups is 1. The number of aliphatic hydroxyl groups is 1. The molecule has 2 N–H and O–H groups in total. The van der Waals surface area contributed by atoms with E-state index in [9.17, 15) is 19.8 Å². The van der Waals surface area contributed by atoms with Gasteiger partial charge in [0, 0.05) is 18.7 Å². The van der Waals surface area contributed by atoms with E-state index in [1.807, 2.05) is 19.0 Å². The number of hydrogen-bond donors (Lipinski definition) is 2. The number of carbonyl (C=O) groups excluding carboxylic acids is 2. The molecule has 1 fully saturated rings. The molecular formula is C25H28N2O6. The lowest BCUT2D eigenvalue weighted by molar-refractivity contribution is -0.140. The van der Waals surface area contributed by atoms with E-state index in [-0.39, 0.29) is 29.4 Å². The lowest BCUT2D eigenvalue weighted by Crippen LogP contribution is -2.35. The van der Waals surface area contributed by atoms with Crippen molar-refractivity contribution in [3.05, 3.63) is 71.8 Å². The van der Waals surface area contributed by atoms with Crippen molar-refractivity contribution in [1.82, 2.24) is 9.80 Å². The van der Waals surface area contributed by atoms with Crippen LogP contribution in [0.3, 0.4) is 0 Å². The minimum absolute atomic E-state index is 0.0220. The Bertz CT molecular complexity index is 1070. The number of phenolic OH excluding ortho intramolecular Hbond substituents is 1. The summed E-state index contributed by atoms with van der Waals surface area (Å²) >= 11 is 0. The molecule has 1 heterocycles. The number of likely N-dealkylation sites (tertiary alicyclic amines) is 1. The van der Waals surface area contributed by atoms with Gasteiger partial charge in [0.2, 0.25) is 0 Å². The molecule has 3 rings (SSSR count). The van der Waals surface area contributed by atoms with Crippen molar-refractivity contribution in [3.63, 3.8) is 0 Å². The van der Waals surface area contributed by atoms with E-state index < -0.39 is 17.7 Å². The number of ketones is 1. The Balaban J connectivity index is 2.10.